The van der Waals surface area contributed by atoms with Gasteiger partial charge in [-0.1, -0.05) is 15.9 Å². The van der Waals surface area contributed by atoms with E-state index in [-0.39, 0.29) is 23.7 Å². The Bertz CT molecular complexity index is 543. The quantitative estimate of drug-likeness (QED) is 0.890. The summed E-state index contributed by atoms with van der Waals surface area (Å²) in [5, 5.41) is 12.2. The number of carboxylic acids is 1. The van der Waals surface area contributed by atoms with Crippen LogP contribution in [-0.4, -0.2) is 17.0 Å². The van der Waals surface area contributed by atoms with Crippen molar-refractivity contribution in [2.45, 2.75) is 19.3 Å². The molecule has 4 atom stereocenters. The summed E-state index contributed by atoms with van der Waals surface area (Å²) < 4.78 is 0.943. The Kier molecular flexibility index (Phi) is 3.54. The average Bonchev–Trinajstić information content (AvgIpc) is 3.01. The van der Waals surface area contributed by atoms with Crippen molar-refractivity contribution in [3.8, 4) is 0 Å². The number of amides is 1. The van der Waals surface area contributed by atoms with E-state index in [1.54, 1.807) is 0 Å². The summed E-state index contributed by atoms with van der Waals surface area (Å²) in [6, 6.07) is 7.33. The third-order valence-corrected chi connectivity index (χ3v) is 5.14. The summed E-state index contributed by atoms with van der Waals surface area (Å²) in [6.45, 7) is 0. The zero-order valence-electron chi connectivity index (χ0n) is 10.9. The molecule has 2 aliphatic carbocycles. The van der Waals surface area contributed by atoms with Crippen LogP contribution in [0.25, 0.3) is 0 Å². The Morgan fingerprint density at radius 3 is 2.30 bits per heavy atom. The van der Waals surface area contributed by atoms with Crippen LogP contribution in [0.2, 0.25) is 0 Å². The molecule has 2 N–H and O–H groups in total. The Hall–Kier alpha value is -1.36. The summed E-state index contributed by atoms with van der Waals surface area (Å²) in [5.74, 6) is -1.45. The van der Waals surface area contributed by atoms with Crippen LogP contribution >= 0.6 is 15.9 Å². The number of benzene rings is 1. The van der Waals surface area contributed by atoms with Crippen molar-refractivity contribution in [2.24, 2.45) is 23.7 Å². The number of carbonyl (C=O) groups is 2. The molecule has 4 nitrogen and oxygen atoms in total. The molecule has 1 aromatic rings. The maximum absolute atomic E-state index is 12.4. The number of nitrogens with one attached hydrogen (secondary N) is 1. The van der Waals surface area contributed by atoms with Crippen molar-refractivity contribution in [3.63, 3.8) is 0 Å². The number of aliphatic carboxylic acids is 1. The molecule has 0 heterocycles. The van der Waals surface area contributed by atoms with Gasteiger partial charge in [-0.3, -0.25) is 9.59 Å². The maximum Gasteiger partial charge on any atom is 0.307 e. The van der Waals surface area contributed by atoms with Gasteiger partial charge in [-0.2, -0.15) is 0 Å². The first-order chi connectivity index (χ1) is 9.56. The first kappa shape index (κ1) is 13.6. The Morgan fingerprint density at radius 2 is 1.70 bits per heavy atom. The summed E-state index contributed by atoms with van der Waals surface area (Å²) in [7, 11) is 0. The Morgan fingerprint density at radius 1 is 1.10 bits per heavy atom. The van der Waals surface area contributed by atoms with Gasteiger partial charge < -0.3 is 10.4 Å². The smallest absolute Gasteiger partial charge is 0.307 e. The van der Waals surface area contributed by atoms with Crippen molar-refractivity contribution in [2.75, 3.05) is 5.32 Å². The molecule has 20 heavy (non-hydrogen) atoms. The molecule has 2 saturated carbocycles. The highest BCUT2D eigenvalue weighted by molar-refractivity contribution is 9.10. The summed E-state index contributed by atoms with van der Waals surface area (Å²) in [5.41, 5.74) is 0.713. The number of anilines is 1. The fraction of sp³-hybridized carbons (Fsp3) is 0.467. The minimum Gasteiger partial charge on any atom is -0.481 e. The Labute approximate surface area is 125 Å². The first-order valence-electron chi connectivity index (χ1n) is 6.85. The van der Waals surface area contributed by atoms with E-state index in [2.05, 4.69) is 21.2 Å². The maximum atomic E-state index is 12.4. The van der Waals surface area contributed by atoms with E-state index in [1.165, 1.54) is 0 Å². The van der Waals surface area contributed by atoms with Gasteiger partial charge in [-0.05, 0) is 55.4 Å². The second-order valence-electron chi connectivity index (χ2n) is 5.72. The summed E-state index contributed by atoms with van der Waals surface area (Å²) in [6.07, 6.45) is 2.81. The van der Waals surface area contributed by atoms with Crippen LogP contribution in [0.1, 0.15) is 19.3 Å². The number of carbonyl (C=O) groups excluding carboxylic acids is 1. The lowest BCUT2D eigenvalue weighted by Crippen LogP contribution is -2.37. The molecule has 2 aliphatic rings. The van der Waals surface area contributed by atoms with Gasteiger partial charge in [0, 0.05) is 10.2 Å². The van der Waals surface area contributed by atoms with E-state index in [9.17, 15) is 14.7 Å². The fourth-order valence-electron chi connectivity index (χ4n) is 3.78. The monoisotopic (exact) mass is 337 g/mol. The van der Waals surface area contributed by atoms with E-state index < -0.39 is 11.9 Å². The lowest BCUT2D eigenvalue weighted by atomic mass is 9.78. The number of halogens is 1. The van der Waals surface area contributed by atoms with E-state index in [1.807, 2.05) is 24.3 Å². The number of fused-ring (bicyclic) bond motifs is 2. The predicted molar refractivity (Wildman–Crippen MR) is 78.2 cm³/mol. The molecule has 0 spiro atoms. The fourth-order valence-corrected chi connectivity index (χ4v) is 4.05. The molecule has 106 valence electrons. The standard InChI is InChI=1S/C15H16BrNO3/c16-10-3-5-11(6-4-10)17-14(18)12-8-1-2-9(7-8)13(12)15(19)20/h3-6,8-9,12-13H,1-2,7H2,(H,17,18)(H,19,20). The van der Waals surface area contributed by atoms with Gasteiger partial charge in [-0.25, -0.2) is 0 Å². The minimum atomic E-state index is -0.826. The van der Waals surface area contributed by atoms with E-state index in [4.69, 9.17) is 0 Å². The van der Waals surface area contributed by atoms with Crippen molar-refractivity contribution in [1.29, 1.82) is 0 Å². The third kappa shape index (κ3) is 2.35. The molecule has 0 radical (unpaired) electrons. The SMILES string of the molecule is O=C(O)C1C2CCC(C2)C1C(=O)Nc1ccc(Br)cc1. The van der Waals surface area contributed by atoms with Gasteiger partial charge in [0.25, 0.3) is 0 Å². The molecule has 5 heteroatoms. The van der Waals surface area contributed by atoms with Crippen molar-refractivity contribution in [3.05, 3.63) is 28.7 Å². The van der Waals surface area contributed by atoms with Crippen molar-refractivity contribution in [1.82, 2.24) is 0 Å². The molecule has 4 unspecified atom stereocenters. The van der Waals surface area contributed by atoms with Crippen molar-refractivity contribution < 1.29 is 14.7 Å². The topological polar surface area (TPSA) is 66.4 Å². The van der Waals surface area contributed by atoms with Gasteiger partial charge in [0.2, 0.25) is 5.91 Å². The molecule has 1 aromatic carbocycles. The molecule has 0 aromatic heterocycles. The molecular weight excluding hydrogens is 322 g/mol. The summed E-state index contributed by atoms with van der Waals surface area (Å²) >= 11 is 3.34. The van der Waals surface area contributed by atoms with Gasteiger partial charge in [0.05, 0.1) is 11.8 Å². The van der Waals surface area contributed by atoms with E-state index in [0.29, 0.717) is 5.69 Å². The highest BCUT2D eigenvalue weighted by atomic mass is 79.9. The molecule has 0 aliphatic heterocycles. The minimum absolute atomic E-state index is 0.146. The molecule has 2 bridgehead atoms. The lowest BCUT2D eigenvalue weighted by Gasteiger charge is -2.27. The van der Waals surface area contributed by atoms with Crippen LogP contribution in [0.3, 0.4) is 0 Å². The lowest BCUT2D eigenvalue weighted by molar-refractivity contribution is -0.148. The van der Waals surface area contributed by atoms with Crippen LogP contribution in [0.4, 0.5) is 5.69 Å². The zero-order valence-corrected chi connectivity index (χ0v) is 12.5. The van der Waals surface area contributed by atoms with E-state index in [0.717, 1.165) is 23.7 Å². The predicted octanol–water partition coefficient (Wildman–Crippen LogP) is 3.13. The van der Waals surface area contributed by atoms with Crippen LogP contribution in [0.5, 0.6) is 0 Å². The van der Waals surface area contributed by atoms with Gasteiger partial charge >= 0.3 is 5.97 Å². The number of hydrogen-bond donors (Lipinski definition) is 2. The summed E-state index contributed by atoms with van der Waals surface area (Å²) in [4.78, 5) is 23.8. The first-order valence-corrected chi connectivity index (χ1v) is 7.65. The number of carboxylic acid groups (broad SMARTS) is 1. The molecule has 2 fully saturated rings. The van der Waals surface area contributed by atoms with Gasteiger partial charge in [0.1, 0.15) is 0 Å². The normalized spacial score (nSPS) is 31.2. The highest BCUT2D eigenvalue weighted by Crippen LogP contribution is 2.52. The third-order valence-electron chi connectivity index (χ3n) is 4.62. The van der Waals surface area contributed by atoms with Crippen LogP contribution in [0.15, 0.2) is 28.7 Å². The second-order valence-corrected chi connectivity index (χ2v) is 6.63. The average molecular weight is 338 g/mol. The number of rotatable bonds is 3. The Balaban J connectivity index is 1.76. The van der Waals surface area contributed by atoms with Crippen LogP contribution in [-0.2, 0) is 9.59 Å². The van der Waals surface area contributed by atoms with Crippen molar-refractivity contribution >= 4 is 33.5 Å². The van der Waals surface area contributed by atoms with E-state index >= 15 is 0 Å². The van der Waals surface area contributed by atoms with Gasteiger partial charge in [-0.15, -0.1) is 0 Å². The van der Waals surface area contributed by atoms with Crippen LogP contribution in [0, 0.1) is 23.7 Å². The van der Waals surface area contributed by atoms with Crippen LogP contribution < -0.4 is 5.32 Å². The molecule has 3 rings (SSSR count). The second kappa shape index (κ2) is 5.20. The molecule has 0 saturated heterocycles. The largest absolute Gasteiger partial charge is 0.481 e. The highest BCUT2D eigenvalue weighted by Gasteiger charge is 2.53. The number of hydrogen-bond acceptors (Lipinski definition) is 2. The zero-order chi connectivity index (χ0) is 14.3. The van der Waals surface area contributed by atoms with Gasteiger partial charge in [0.15, 0.2) is 0 Å². The molecule has 1 amide bonds. The molecular formula is C15H16BrNO3.